The molecule has 26 heavy (non-hydrogen) atoms. The van der Waals surface area contributed by atoms with E-state index in [9.17, 15) is 8.42 Å². The third kappa shape index (κ3) is 9.19. The predicted molar refractivity (Wildman–Crippen MR) is 102 cm³/mol. The van der Waals surface area contributed by atoms with Gasteiger partial charge in [-0.2, -0.15) is 8.42 Å². The lowest BCUT2D eigenvalue weighted by atomic mass is 9.87. The average molecular weight is 409 g/mol. The van der Waals surface area contributed by atoms with E-state index in [0.717, 1.165) is 5.75 Å². The molecule has 0 bridgehead atoms. The average Bonchev–Trinajstić information content (AvgIpc) is 2.55. The summed E-state index contributed by atoms with van der Waals surface area (Å²) < 4.78 is 43.6. The summed E-state index contributed by atoms with van der Waals surface area (Å²) in [5.74, 6) is 0.827. The highest BCUT2D eigenvalue weighted by Gasteiger charge is 2.18. The molecule has 0 heterocycles. The van der Waals surface area contributed by atoms with Crippen LogP contribution in [0.15, 0.2) is 24.3 Å². The van der Waals surface area contributed by atoms with Gasteiger partial charge >= 0.3 is 10.4 Å². The maximum Gasteiger partial charge on any atom is 0.400 e. The Bertz CT molecular complexity index is 624. The van der Waals surface area contributed by atoms with E-state index in [1.807, 2.05) is 31.2 Å². The van der Waals surface area contributed by atoms with Gasteiger partial charge in [0.2, 0.25) is 0 Å². The second-order valence-electron chi connectivity index (χ2n) is 7.06. The molecule has 1 rings (SSSR count). The van der Waals surface area contributed by atoms with Gasteiger partial charge in [0.15, 0.2) is 0 Å². The largest absolute Gasteiger partial charge is 0.491 e. The summed E-state index contributed by atoms with van der Waals surface area (Å²) in [7, 11) is -4.06. The first-order chi connectivity index (χ1) is 12.0. The minimum atomic E-state index is -4.06. The van der Waals surface area contributed by atoms with Crippen molar-refractivity contribution in [2.45, 2.75) is 52.2 Å². The molecule has 0 fully saturated rings. The van der Waals surface area contributed by atoms with E-state index in [-0.39, 0.29) is 30.6 Å². The van der Waals surface area contributed by atoms with Gasteiger partial charge in [-0.05, 0) is 37.0 Å². The van der Waals surface area contributed by atoms with Crippen molar-refractivity contribution in [3.05, 3.63) is 29.8 Å². The second-order valence-corrected chi connectivity index (χ2v) is 8.68. The van der Waals surface area contributed by atoms with Crippen molar-refractivity contribution in [3.63, 3.8) is 0 Å². The lowest BCUT2D eigenvalue weighted by molar-refractivity contribution is -0.00819. The smallest absolute Gasteiger partial charge is 0.400 e. The second kappa shape index (κ2) is 10.5. The van der Waals surface area contributed by atoms with Gasteiger partial charge < -0.3 is 9.47 Å². The Hall–Kier alpha value is -0.860. The third-order valence-electron chi connectivity index (χ3n) is 3.41. The molecule has 2 unspecified atom stereocenters. The van der Waals surface area contributed by atoms with Crippen molar-refractivity contribution >= 4 is 22.0 Å². The van der Waals surface area contributed by atoms with Gasteiger partial charge in [0, 0.05) is 5.88 Å². The summed E-state index contributed by atoms with van der Waals surface area (Å²) in [5, 5.41) is 0. The SMILES string of the molecule is CC(COc1ccc(C(C)(C)C)cc1)OCC(C)OS(=O)(=O)OCCCl. The summed E-state index contributed by atoms with van der Waals surface area (Å²) in [5.41, 5.74) is 1.33. The first-order valence-corrected chi connectivity index (χ1v) is 10.4. The Morgan fingerprint density at radius 2 is 1.65 bits per heavy atom. The monoisotopic (exact) mass is 408 g/mol. The molecule has 0 radical (unpaired) electrons. The first kappa shape index (κ1) is 23.2. The minimum absolute atomic E-state index is 0.0680. The standard InChI is InChI=1S/C18H29ClO6S/c1-14(22-13-15(2)25-26(20,21)24-11-10-19)12-23-17-8-6-16(7-9-17)18(3,4)5/h6-9,14-15H,10-13H2,1-5H3. The zero-order valence-corrected chi connectivity index (χ0v) is 17.6. The summed E-state index contributed by atoms with van der Waals surface area (Å²) in [6.07, 6.45) is -0.904. The Morgan fingerprint density at radius 3 is 2.19 bits per heavy atom. The first-order valence-electron chi connectivity index (χ1n) is 8.52. The van der Waals surface area contributed by atoms with Crippen LogP contribution in [0.2, 0.25) is 0 Å². The third-order valence-corrected chi connectivity index (χ3v) is 4.58. The molecule has 1 aromatic carbocycles. The summed E-state index contributed by atoms with van der Waals surface area (Å²) in [6.45, 7) is 10.2. The zero-order chi connectivity index (χ0) is 19.8. The van der Waals surface area contributed by atoms with Gasteiger partial charge in [-0.1, -0.05) is 32.9 Å². The molecule has 0 spiro atoms. The molecule has 8 heteroatoms. The molecule has 0 N–H and O–H groups in total. The quantitative estimate of drug-likeness (QED) is 0.520. The van der Waals surface area contributed by atoms with E-state index >= 15 is 0 Å². The van der Waals surface area contributed by atoms with E-state index < -0.39 is 16.5 Å². The molecule has 0 aliphatic carbocycles. The van der Waals surface area contributed by atoms with E-state index in [1.54, 1.807) is 6.92 Å². The van der Waals surface area contributed by atoms with Gasteiger partial charge in [-0.25, -0.2) is 8.37 Å². The molecule has 0 aromatic heterocycles. The molecular weight excluding hydrogens is 380 g/mol. The highest BCUT2D eigenvalue weighted by atomic mass is 35.5. The molecule has 0 saturated heterocycles. The zero-order valence-electron chi connectivity index (χ0n) is 16.0. The van der Waals surface area contributed by atoms with E-state index in [2.05, 4.69) is 25.0 Å². The molecule has 0 saturated carbocycles. The fourth-order valence-corrected chi connectivity index (χ4v) is 2.97. The maximum absolute atomic E-state index is 11.5. The van der Waals surface area contributed by atoms with Crippen LogP contribution in [-0.4, -0.2) is 46.3 Å². The summed E-state index contributed by atoms with van der Waals surface area (Å²) in [6, 6.07) is 7.95. The number of hydrogen-bond donors (Lipinski definition) is 0. The van der Waals surface area contributed by atoms with Crippen LogP contribution in [0.5, 0.6) is 5.75 Å². The van der Waals surface area contributed by atoms with E-state index in [4.69, 9.17) is 25.3 Å². The Balaban J connectivity index is 2.35. The predicted octanol–water partition coefficient (Wildman–Crippen LogP) is 3.67. The van der Waals surface area contributed by atoms with Crippen LogP contribution in [0.1, 0.15) is 40.2 Å². The molecule has 1 aromatic rings. The molecule has 0 amide bonds. The van der Waals surface area contributed by atoms with Gasteiger partial charge in [-0.15, -0.1) is 11.6 Å². The summed E-state index contributed by atoms with van der Waals surface area (Å²) in [4.78, 5) is 0. The molecule has 0 aliphatic heterocycles. The van der Waals surface area contributed by atoms with E-state index in [0.29, 0.717) is 6.61 Å². The van der Waals surface area contributed by atoms with Crippen LogP contribution in [0, 0.1) is 0 Å². The fourth-order valence-electron chi connectivity index (χ4n) is 2.00. The highest BCUT2D eigenvalue weighted by molar-refractivity contribution is 7.81. The minimum Gasteiger partial charge on any atom is -0.491 e. The number of hydrogen-bond acceptors (Lipinski definition) is 6. The van der Waals surface area contributed by atoms with Crippen molar-refractivity contribution in [2.75, 3.05) is 25.7 Å². The van der Waals surface area contributed by atoms with Crippen molar-refractivity contribution in [3.8, 4) is 5.75 Å². The number of ether oxygens (including phenoxy) is 2. The van der Waals surface area contributed by atoms with Crippen molar-refractivity contribution in [1.82, 2.24) is 0 Å². The van der Waals surface area contributed by atoms with Gasteiger partial charge in [-0.3, -0.25) is 0 Å². The molecule has 150 valence electrons. The van der Waals surface area contributed by atoms with Crippen molar-refractivity contribution < 1.29 is 26.3 Å². The van der Waals surface area contributed by atoms with Crippen molar-refractivity contribution in [1.29, 1.82) is 0 Å². The van der Waals surface area contributed by atoms with Crippen LogP contribution in [0.4, 0.5) is 0 Å². The van der Waals surface area contributed by atoms with Gasteiger partial charge in [0.25, 0.3) is 0 Å². The number of benzene rings is 1. The Kier molecular flexibility index (Phi) is 9.33. The Morgan fingerprint density at radius 1 is 1.04 bits per heavy atom. The maximum atomic E-state index is 11.5. The van der Waals surface area contributed by atoms with Gasteiger partial charge in [0.1, 0.15) is 12.4 Å². The molecule has 6 nitrogen and oxygen atoms in total. The van der Waals surface area contributed by atoms with Crippen LogP contribution < -0.4 is 4.74 Å². The lowest BCUT2D eigenvalue weighted by Gasteiger charge is -2.20. The van der Waals surface area contributed by atoms with Crippen LogP contribution >= 0.6 is 11.6 Å². The topological polar surface area (TPSA) is 71.1 Å². The highest BCUT2D eigenvalue weighted by Crippen LogP contribution is 2.24. The number of halogens is 1. The van der Waals surface area contributed by atoms with Crippen LogP contribution in [0.25, 0.3) is 0 Å². The van der Waals surface area contributed by atoms with Crippen LogP contribution in [0.3, 0.4) is 0 Å². The number of rotatable bonds is 11. The fraction of sp³-hybridized carbons (Fsp3) is 0.667. The molecule has 2 atom stereocenters. The molecular formula is C18H29ClO6S. The lowest BCUT2D eigenvalue weighted by Crippen LogP contribution is -2.27. The number of alkyl halides is 1. The normalized spacial score (nSPS) is 14.8. The van der Waals surface area contributed by atoms with Gasteiger partial charge in [0.05, 0.1) is 25.4 Å². The van der Waals surface area contributed by atoms with E-state index in [1.165, 1.54) is 5.56 Å². The Labute approximate surface area is 162 Å². The summed E-state index contributed by atoms with van der Waals surface area (Å²) >= 11 is 5.38. The van der Waals surface area contributed by atoms with Crippen molar-refractivity contribution in [2.24, 2.45) is 0 Å². The molecule has 0 aliphatic rings. The van der Waals surface area contributed by atoms with Crippen LogP contribution in [-0.2, 0) is 28.9 Å².